The van der Waals surface area contributed by atoms with Crippen molar-refractivity contribution in [1.82, 2.24) is 4.98 Å². The summed E-state index contributed by atoms with van der Waals surface area (Å²) in [5.41, 5.74) is 1.36. The maximum Gasteiger partial charge on any atom is 0.309 e. The standard InChI is InChI=1S/C19H22N2O5S/c1-4-26-18(23)11-5-6-15-16(9-11)27-19(20-15)21-17(22)12-7-13(24-2)10-14(8-12)25-3/h7-8,10-11H,4-6,9H2,1-3H3,(H,20,21,22). The average Bonchev–Trinajstić information content (AvgIpc) is 3.08. The Kier molecular flexibility index (Phi) is 5.95. The number of amides is 1. The van der Waals surface area contributed by atoms with Gasteiger partial charge in [-0.1, -0.05) is 0 Å². The van der Waals surface area contributed by atoms with Gasteiger partial charge in [0, 0.05) is 16.5 Å². The van der Waals surface area contributed by atoms with Crippen LogP contribution in [0.5, 0.6) is 11.5 Å². The summed E-state index contributed by atoms with van der Waals surface area (Å²) in [6, 6.07) is 4.98. The van der Waals surface area contributed by atoms with Gasteiger partial charge in [-0.15, -0.1) is 11.3 Å². The molecule has 1 heterocycles. The van der Waals surface area contributed by atoms with Crippen LogP contribution in [0.1, 0.15) is 34.3 Å². The van der Waals surface area contributed by atoms with Crippen molar-refractivity contribution in [1.29, 1.82) is 0 Å². The predicted molar refractivity (Wildman–Crippen MR) is 102 cm³/mol. The number of anilines is 1. The molecule has 3 rings (SSSR count). The van der Waals surface area contributed by atoms with E-state index < -0.39 is 0 Å². The first kappa shape index (κ1) is 19.2. The van der Waals surface area contributed by atoms with Crippen LogP contribution in [-0.4, -0.2) is 37.7 Å². The lowest BCUT2D eigenvalue weighted by Crippen LogP contribution is -2.24. The van der Waals surface area contributed by atoms with Gasteiger partial charge in [-0.3, -0.25) is 14.9 Å². The highest BCUT2D eigenvalue weighted by Crippen LogP contribution is 2.33. The number of carbonyl (C=O) groups is 2. The number of fused-ring (bicyclic) bond motifs is 1. The van der Waals surface area contributed by atoms with E-state index in [1.54, 1.807) is 25.1 Å². The van der Waals surface area contributed by atoms with Crippen LogP contribution in [0, 0.1) is 5.92 Å². The van der Waals surface area contributed by atoms with Gasteiger partial charge < -0.3 is 14.2 Å². The molecule has 1 N–H and O–H groups in total. The number of carbonyl (C=O) groups excluding carboxylic acids is 2. The average molecular weight is 390 g/mol. The first-order chi connectivity index (χ1) is 13.0. The van der Waals surface area contributed by atoms with Crippen LogP contribution in [0.3, 0.4) is 0 Å². The number of aromatic nitrogens is 1. The van der Waals surface area contributed by atoms with Crippen molar-refractivity contribution < 1.29 is 23.8 Å². The first-order valence-electron chi connectivity index (χ1n) is 8.73. The summed E-state index contributed by atoms with van der Waals surface area (Å²) >= 11 is 1.40. The van der Waals surface area contributed by atoms with E-state index in [0.717, 1.165) is 17.0 Å². The fourth-order valence-electron chi connectivity index (χ4n) is 3.00. The molecular weight excluding hydrogens is 368 g/mol. The third-order valence-electron chi connectivity index (χ3n) is 4.39. The first-order valence-corrected chi connectivity index (χ1v) is 9.55. The van der Waals surface area contributed by atoms with Crippen LogP contribution in [0.4, 0.5) is 5.13 Å². The smallest absolute Gasteiger partial charge is 0.309 e. The Morgan fingerprint density at radius 3 is 2.56 bits per heavy atom. The second kappa shape index (κ2) is 8.39. The van der Waals surface area contributed by atoms with E-state index in [-0.39, 0.29) is 17.8 Å². The van der Waals surface area contributed by atoms with E-state index in [1.807, 2.05) is 0 Å². The van der Waals surface area contributed by atoms with Crippen LogP contribution in [0.2, 0.25) is 0 Å². The number of hydrogen-bond donors (Lipinski definition) is 1. The zero-order valence-corrected chi connectivity index (χ0v) is 16.4. The summed E-state index contributed by atoms with van der Waals surface area (Å²) < 4.78 is 15.5. The molecule has 1 aromatic heterocycles. The van der Waals surface area contributed by atoms with Crippen molar-refractivity contribution in [3.8, 4) is 11.5 Å². The second-order valence-electron chi connectivity index (χ2n) is 6.14. The Morgan fingerprint density at radius 1 is 1.22 bits per heavy atom. The minimum Gasteiger partial charge on any atom is -0.497 e. The number of benzene rings is 1. The van der Waals surface area contributed by atoms with Gasteiger partial charge in [0.1, 0.15) is 11.5 Å². The van der Waals surface area contributed by atoms with Gasteiger partial charge >= 0.3 is 5.97 Å². The Hall–Kier alpha value is -2.61. The lowest BCUT2D eigenvalue weighted by molar-refractivity contribution is -0.148. The van der Waals surface area contributed by atoms with Crippen molar-refractivity contribution >= 4 is 28.3 Å². The molecule has 0 radical (unpaired) electrons. The molecule has 0 bridgehead atoms. The van der Waals surface area contributed by atoms with Gasteiger partial charge in [0.25, 0.3) is 5.91 Å². The maximum atomic E-state index is 12.6. The van der Waals surface area contributed by atoms with Gasteiger partial charge in [-0.25, -0.2) is 4.98 Å². The molecule has 0 saturated heterocycles. The molecule has 1 aliphatic carbocycles. The molecule has 1 aliphatic rings. The number of nitrogens with zero attached hydrogens (tertiary/aromatic N) is 1. The minimum atomic E-state index is -0.291. The monoisotopic (exact) mass is 390 g/mol. The summed E-state index contributed by atoms with van der Waals surface area (Å²) in [7, 11) is 3.07. The molecular formula is C19H22N2O5S. The van der Waals surface area contributed by atoms with Crippen LogP contribution in [-0.2, 0) is 22.4 Å². The highest BCUT2D eigenvalue weighted by molar-refractivity contribution is 7.15. The molecule has 1 atom stereocenters. The molecule has 0 spiro atoms. The molecule has 0 saturated carbocycles. The van der Waals surface area contributed by atoms with Gasteiger partial charge in [-0.05, 0) is 38.3 Å². The van der Waals surface area contributed by atoms with Crippen LogP contribution >= 0.6 is 11.3 Å². The molecule has 7 nitrogen and oxygen atoms in total. The molecule has 144 valence electrons. The summed E-state index contributed by atoms with van der Waals surface area (Å²) in [6.07, 6.45) is 2.03. The van der Waals surface area contributed by atoms with Gasteiger partial charge in [0.2, 0.25) is 0 Å². The van der Waals surface area contributed by atoms with Gasteiger partial charge in [0.05, 0.1) is 32.4 Å². The van der Waals surface area contributed by atoms with E-state index in [9.17, 15) is 9.59 Å². The normalized spacial score (nSPS) is 15.6. The number of hydrogen-bond acceptors (Lipinski definition) is 7. The Bertz CT molecular complexity index is 826. The highest BCUT2D eigenvalue weighted by Gasteiger charge is 2.28. The van der Waals surface area contributed by atoms with Crippen molar-refractivity contribution in [2.45, 2.75) is 26.2 Å². The summed E-state index contributed by atoms with van der Waals surface area (Å²) in [6.45, 7) is 2.19. The minimum absolute atomic E-state index is 0.135. The largest absolute Gasteiger partial charge is 0.497 e. The van der Waals surface area contributed by atoms with E-state index in [2.05, 4.69) is 10.3 Å². The number of ether oxygens (including phenoxy) is 3. The summed E-state index contributed by atoms with van der Waals surface area (Å²) in [5.74, 6) is 0.486. The quantitative estimate of drug-likeness (QED) is 0.763. The van der Waals surface area contributed by atoms with E-state index in [1.165, 1.54) is 25.6 Å². The van der Waals surface area contributed by atoms with Crippen molar-refractivity contribution in [2.24, 2.45) is 5.92 Å². The second-order valence-corrected chi connectivity index (χ2v) is 7.22. The Balaban J connectivity index is 1.73. The molecule has 1 amide bonds. The topological polar surface area (TPSA) is 86.8 Å². The fraction of sp³-hybridized carbons (Fsp3) is 0.421. The fourth-order valence-corrected chi connectivity index (χ4v) is 4.08. The third kappa shape index (κ3) is 4.39. The van der Waals surface area contributed by atoms with Crippen LogP contribution < -0.4 is 14.8 Å². The van der Waals surface area contributed by atoms with Crippen molar-refractivity contribution in [2.75, 3.05) is 26.1 Å². The van der Waals surface area contributed by atoms with E-state index in [0.29, 0.717) is 41.6 Å². The zero-order chi connectivity index (χ0) is 19.4. The summed E-state index contributed by atoms with van der Waals surface area (Å²) in [4.78, 5) is 30.1. The Morgan fingerprint density at radius 2 is 1.93 bits per heavy atom. The molecule has 1 aromatic carbocycles. The van der Waals surface area contributed by atoms with E-state index in [4.69, 9.17) is 14.2 Å². The van der Waals surface area contributed by atoms with Crippen molar-refractivity contribution in [3.05, 3.63) is 34.3 Å². The molecule has 8 heteroatoms. The lowest BCUT2D eigenvalue weighted by Gasteiger charge is -2.18. The molecule has 27 heavy (non-hydrogen) atoms. The van der Waals surface area contributed by atoms with Gasteiger partial charge in [0.15, 0.2) is 5.13 Å². The molecule has 1 unspecified atom stereocenters. The van der Waals surface area contributed by atoms with Crippen LogP contribution in [0.25, 0.3) is 0 Å². The number of thiazole rings is 1. The zero-order valence-electron chi connectivity index (χ0n) is 15.5. The molecule has 0 aliphatic heterocycles. The molecule has 2 aromatic rings. The summed E-state index contributed by atoms with van der Waals surface area (Å²) in [5, 5.41) is 3.35. The number of aryl methyl sites for hydroxylation is 1. The number of methoxy groups -OCH3 is 2. The lowest BCUT2D eigenvalue weighted by atomic mass is 9.91. The third-order valence-corrected chi connectivity index (χ3v) is 5.43. The van der Waals surface area contributed by atoms with Gasteiger partial charge in [-0.2, -0.15) is 0 Å². The Labute approximate surface area is 161 Å². The highest BCUT2D eigenvalue weighted by atomic mass is 32.1. The SMILES string of the molecule is CCOC(=O)C1CCc2nc(NC(=O)c3cc(OC)cc(OC)c3)sc2C1. The number of rotatable bonds is 6. The number of nitrogens with one attached hydrogen (secondary N) is 1. The maximum absolute atomic E-state index is 12.6. The van der Waals surface area contributed by atoms with Crippen molar-refractivity contribution in [3.63, 3.8) is 0 Å². The predicted octanol–water partition coefficient (Wildman–Crippen LogP) is 3.08. The number of esters is 1. The molecule has 0 fully saturated rings. The van der Waals surface area contributed by atoms with E-state index >= 15 is 0 Å². The van der Waals surface area contributed by atoms with Crippen LogP contribution in [0.15, 0.2) is 18.2 Å².